The molecule has 1 unspecified atom stereocenters. The number of halogens is 1. The molecule has 1 fully saturated rings. The summed E-state index contributed by atoms with van der Waals surface area (Å²) in [5.41, 5.74) is -0.497. The number of hydrogen-bond acceptors (Lipinski definition) is 5. The van der Waals surface area contributed by atoms with Crippen molar-refractivity contribution in [2.75, 3.05) is 0 Å². The summed E-state index contributed by atoms with van der Waals surface area (Å²) >= 11 is 6.02. The Bertz CT molecular complexity index is 930. The van der Waals surface area contributed by atoms with Gasteiger partial charge in [0.25, 0.3) is 0 Å². The van der Waals surface area contributed by atoms with Gasteiger partial charge in [0.1, 0.15) is 11.2 Å². The lowest BCUT2D eigenvalue weighted by atomic mass is 9.69. The standard InChI is InChI=1S/C23H25ClN2O3/c1-22(2,3)29-21(27)17-9-11-23(28,12-10-19-20(24)26-14-13-25-19)15-18(17)16-7-5-4-6-8-16/h4-8,13-14,17-18,28H,9,11,15H2,1-3H3/t17-,18+,23?/m1/s1. The summed E-state index contributed by atoms with van der Waals surface area (Å²) < 4.78 is 5.65. The number of ether oxygens (including phenoxy) is 1. The summed E-state index contributed by atoms with van der Waals surface area (Å²) in [6.45, 7) is 5.58. The zero-order chi connectivity index (χ0) is 21.1. The fraction of sp³-hybridized carbons (Fsp3) is 0.435. The Hall–Kier alpha value is -2.42. The smallest absolute Gasteiger partial charge is 0.310 e. The van der Waals surface area contributed by atoms with Crippen LogP contribution in [-0.4, -0.2) is 32.2 Å². The first kappa shape index (κ1) is 21.3. The van der Waals surface area contributed by atoms with E-state index in [-0.39, 0.29) is 23.0 Å². The number of benzene rings is 1. The summed E-state index contributed by atoms with van der Waals surface area (Å²) in [6, 6.07) is 9.73. The minimum Gasteiger partial charge on any atom is -0.460 e. The summed E-state index contributed by atoms with van der Waals surface area (Å²) in [4.78, 5) is 20.9. The van der Waals surface area contributed by atoms with Crippen LogP contribution in [0.1, 0.15) is 57.2 Å². The van der Waals surface area contributed by atoms with Gasteiger partial charge in [-0.3, -0.25) is 4.79 Å². The molecule has 0 bridgehead atoms. The Labute approximate surface area is 176 Å². The van der Waals surface area contributed by atoms with Gasteiger partial charge in [0.15, 0.2) is 10.8 Å². The molecule has 0 amide bonds. The van der Waals surface area contributed by atoms with Crippen LogP contribution in [0.4, 0.5) is 0 Å². The molecule has 0 saturated heterocycles. The fourth-order valence-corrected chi connectivity index (χ4v) is 3.76. The highest BCUT2D eigenvalue weighted by Crippen LogP contribution is 2.43. The quantitative estimate of drug-likeness (QED) is 0.592. The third kappa shape index (κ3) is 5.56. The molecule has 6 heteroatoms. The van der Waals surface area contributed by atoms with Gasteiger partial charge in [0.05, 0.1) is 5.92 Å². The summed E-state index contributed by atoms with van der Waals surface area (Å²) in [5, 5.41) is 11.4. The van der Waals surface area contributed by atoms with E-state index in [0.717, 1.165) is 5.56 Å². The topological polar surface area (TPSA) is 72.3 Å². The highest BCUT2D eigenvalue weighted by atomic mass is 35.5. The molecule has 5 nitrogen and oxygen atoms in total. The minimum atomic E-state index is -1.25. The zero-order valence-corrected chi connectivity index (χ0v) is 17.6. The Kier molecular flexibility index (Phi) is 6.26. The van der Waals surface area contributed by atoms with Crippen LogP contribution in [0.3, 0.4) is 0 Å². The molecule has 1 N–H and O–H groups in total. The Morgan fingerprint density at radius 3 is 2.59 bits per heavy atom. The molecule has 29 heavy (non-hydrogen) atoms. The van der Waals surface area contributed by atoms with Crippen LogP contribution in [0, 0.1) is 17.8 Å². The fourth-order valence-electron chi connectivity index (χ4n) is 3.61. The van der Waals surface area contributed by atoms with Gasteiger partial charge in [-0.05, 0) is 51.5 Å². The van der Waals surface area contributed by atoms with Gasteiger partial charge in [-0.2, -0.15) is 0 Å². The molecule has 0 radical (unpaired) electrons. The zero-order valence-electron chi connectivity index (χ0n) is 16.9. The van der Waals surface area contributed by atoms with Crippen molar-refractivity contribution in [3.8, 4) is 11.8 Å². The van der Waals surface area contributed by atoms with Crippen molar-refractivity contribution in [3.05, 3.63) is 59.1 Å². The predicted molar refractivity (Wildman–Crippen MR) is 111 cm³/mol. The maximum atomic E-state index is 12.9. The number of nitrogens with zero attached hydrogens (tertiary/aromatic N) is 2. The van der Waals surface area contributed by atoms with E-state index in [2.05, 4.69) is 21.8 Å². The number of carbonyl (C=O) groups excluding carboxylic acids is 1. The molecule has 1 aromatic heterocycles. The van der Waals surface area contributed by atoms with Gasteiger partial charge in [-0.25, -0.2) is 9.97 Å². The van der Waals surface area contributed by atoms with E-state index in [1.165, 1.54) is 12.4 Å². The van der Waals surface area contributed by atoms with Crippen molar-refractivity contribution < 1.29 is 14.6 Å². The van der Waals surface area contributed by atoms with Gasteiger partial charge in [-0.15, -0.1) is 0 Å². The molecule has 3 rings (SSSR count). The van der Waals surface area contributed by atoms with Gasteiger partial charge in [0, 0.05) is 18.3 Å². The van der Waals surface area contributed by atoms with Crippen LogP contribution >= 0.6 is 11.6 Å². The van der Waals surface area contributed by atoms with E-state index < -0.39 is 11.2 Å². The van der Waals surface area contributed by atoms with E-state index in [1.807, 2.05) is 51.1 Å². The largest absolute Gasteiger partial charge is 0.460 e. The summed E-state index contributed by atoms with van der Waals surface area (Å²) in [7, 11) is 0. The second kappa shape index (κ2) is 8.52. The highest BCUT2D eigenvalue weighted by molar-refractivity contribution is 6.30. The second-order valence-corrected chi connectivity index (χ2v) is 8.74. The molecule has 1 aliphatic carbocycles. The van der Waals surface area contributed by atoms with Crippen molar-refractivity contribution in [3.63, 3.8) is 0 Å². The third-order valence-electron chi connectivity index (χ3n) is 4.92. The first-order chi connectivity index (χ1) is 13.7. The van der Waals surface area contributed by atoms with Crippen LogP contribution in [0.2, 0.25) is 5.15 Å². The molecule has 1 aromatic carbocycles. The van der Waals surface area contributed by atoms with Crippen LogP contribution in [0.5, 0.6) is 0 Å². The number of aromatic nitrogens is 2. The van der Waals surface area contributed by atoms with E-state index in [0.29, 0.717) is 25.0 Å². The maximum Gasteiger partial charge on any atom is 0.310 e. The van der Waals surface area contributed by atoms with E-state index in [1.54, 1.807) is 0 Å². The van der Waals surface area contributed by atoms with Crippen molar-refractivity contribution in [1.29, 1.82) is 0 Å². The second-order valence-electron chi connectivity index (χ2n) is 8.38. The lowest BCUT2D eigenvalue weighted by Crippen LogP contribution is -2.41. The van der Waals surface area contributed by atoms with Crippen LogP contribution < -0.4 is 0 Å². The summed E-state index contributed by atoms with van der Waals surface area (Å²) in [6.07, 6.45) is 4.16. The highest BCUT2D eigenvalue weighted by Gasteiger charge is 2.43. The van der Waals surface area contributed by atoms with Gasteiger partial charge in [0.2, 0.25) is 0 Å². The summed E-state index contributed by atoms with van der Waals surface area (Å²) in [5.74, 6) is 5.01. The van der Waals surface area contributed by atoms with E-state index in [9.17, 15) is 9.90 Å². The Balaban J connectivity index is 1.89. The van der Waals surface area contributed by atoms with E-state index in [4.69, 9.17) is 16.3 Å². The average Bonchev–Trinajstić information content (AvgIpc) is 2.66. The molecular weight excluding hydrogens is 388 g/mol. The number of aliphatic hydroxyl groups is 1. The lowest BCUT2D eigenvalue weighted by Gasteiger charge is -2.39. The molecule has 0 spiro atoms. The molecule has 1 saturated carbocycles. The Morgan fingerprint density at radius 1 is 1.24 bits per heavy atom. The van der Waals surface area contributed by atoms with Crippen LogP contribution in [0.25, 0.3) is 0 Å². The third-order valence-corrected chi connectivity index (χ3v) is 5.19. The first-order valence-corrected chi connectivity index (χ1v) is 10.0. The Morgan fingerprint density at radius 2 is 1.93 bits per heavy atom. The van der Waals surface area contributed by atoms with Crippen molar-refractivity contribution in [1.82, 2.24) is 9.97 Å². The van der Waals surface area contributed by atoms with Gasteiger partial charge >= 0.3 is 5.97 Å². The number of hydrogen-bond donors (Lipinski definition) is 1. The monoisotopic (exact) mass is 412 g/mol. The maximum absolute atomic E-state index is 12.9. The SMILES string of the molecule is CC(C)(C)OC(=O)[C@@H]1CCC(O)(C#Cc2nccnc2Cl)C[C@H]1c1ccccc1. The molecule has 2 aromatic rings. The number of esters is 1. The predicted octanol–water partition coefficient (Wildman–Crippen LogP) is 4.14. The van der Waals surface area contributed by atoms with Crippen molar-refractivity contribution in [2.24, 2.45) is 5.92 Å². The minimum absolute atomic E-state index is 0.198. The molecule has 1 heterocycles. The van der Waals surface area contributed by atoms with Crippen LogP contribution in [0.15, 0.2) is 42.7 Å². The van der Waals surface area contributed by atoms with Crippen molar-refractivity contribution >= 4 is 17.6 Å². The number of rotatable bonds is 2. The molecule has 152 valence electrons. The van der Waals surface area contributed by atoms with Crippen LogP contribution in [-0.2, 0) is 9.53 Å². The lowest BCUT2D eigenvalue weighted by molar-refractivity contribution is -0.163. The molecule has 1 aliphatic rings. The van der Waals surface area contributed by atoms with Crippen molar-refractivity contribution in [2.45, 2.75) is 57.2 Å². The number of carbonyl (C=O) groups is 1. The normalized spacial score (nSPS) is 24.3. The van der Waals surface area contributed by atoms with Gasteiger partial charge < -0.3 is 9.84 Å². The molecule has 0 aliphatic heterocycles. The first-order valence-electron chi connectivity index (χ1n) is 9.67. The molecule has 3 atom stereocenters. The van der Waals surface area contributed by atoms with E-state index >= 15 is 0 Å². The average molecular weight is 413 g/mol. The van der Waals surface area contributed by atoms with Gasteiger partial charge in [-0.1, -0.05) is 47.9 Å². The molecular formula is C23H25ClN2O3.